The van der Waals surface area contributed by atoms with Crippen LogP contribution in [0.4, 0.5) is 15.9 Å². The van der Waals surface area contributed by atoms with Crippen molar-refractivity contribution < 1.29 is 17.6 Å². The molecule has 7 nitrogen and oxygen atoms in total. The highest BCUT2D eigenvalue weighted by Gasteiger charge is 2.16. The fraction of sp³-hybridized carbons (Fsp3) is 0.150. The predicted octanol–water partition coefficient (Wildman–Crippen LogP) is 3.98. The second-order valence-electron chi connectivity index (χ2n) is 6.51. The maximum Gasteiger partial charge on any atom is 0.263 e. The zero-order valence-electron chi connectivity index (χ0n) is 16.1. The fourth-order valence-corrected chi connectivity index (χ4v) is 4.15. The smallest absolute Gasteiger partial charge is 0.263 e. The van der Waals surface area contributed by atoms with Crippen LogP contribution in [-0.4, -0.2) is 24.3 Å². The van der Waals surface area contributed by atoms with Gasteiger partial charge in [-0.05, 0) is 65.7 Å². The van der Waals surface area contributed by atoms with Gasteiger partial charge in [-0.25, -0.2) is 22.8 Å². The molecule has 0 radical (unpaired) electrons. The van der Waals surface area contributed by atoms with Crippen molar-refractivity contribution in [2.75, 3.05) is 10.0 Å². The van der Waals surface area contributed by atoms with Crippen molar-refractivity contribution in [1.82, 2.24) is 9.97 Å². The van der Waals surface area contributed by atoms with Gasteiger partial charge in [0.05, 0.1) is 15.8 Å². The summed E-state index contributed by atoms with van der Waals surface area (Å²) in [4.78, 5) is 20.4. The molecule has 0 unspecified atom stereocenters. The average Bonchev–Trinajstić information content (AvgIpc) is 2.64. The second kappa shape index (κ2) is 8.88. The molecule has 0 fully saturated rings. The number of benzene rings is 2. The molecule has 3 rings (SSSR count). The van der Waals surface area contributed by atoms with Crippen molar-refractivity contribution in [1.29, 1.82) is 0 Å². The number of amides is 1. The van der Waals surface area contributed by atoms with Crippen molar-refractivity contribution >= 4 is 43.4 Å². The number of hydrogen-bond donors (Lipinski definition) is 2. The summed E-state index contributed by atoms with van der Waals surface area (Å²) in [5, 5.41) is 2.62. The minimum Gasteiger partial charge on any atom is -0.326 e. The molecule has 0 spiro atoms. The van der Waals surface area contributed by atoms with Crippen LogP contribution >= 0.6 is 15.9 Å². The van der Waals surface area contributed by atoms with Crippen LogP contribution in [0, 0.1) is 19.7 Å². The summed E-state index contributed by atoms with van der Waals surface area (Å²) < 4.78 is 41.8. The number of carbonyl (C=O) groups excluding carboxylic acids is 1. The number of nitrogens with zero attached hydrogens (tertiary/aromatic N) is 2. The Hall–Kier alpha value is -2.85. The maximum atomic E-state index is 14.0. The Kier molecular flexibility index (Phi) is 6.47. The summed E-state index contributed by atoms with van der Waals surface area (Å²) in [5.74, 6) is -0.288. The van der Waals surface area contributed by atoms with E-state index in [0.29, 0.717) is 17.2 Å². The van der Waals surface area contributed by atoms with Gasteiger partial charge in [-0.2, -0.15) is 0 Å². The van der Waals surface area contributed by atoms with E-state index in [4.69, 9.17) is 0 Å². The number of halogens is 2. The molecule has 0 bridgehead atoms. The highest BCUT2D eigenvalue weighted by atomic mass is 79.9. The molecule has 0 saturated carbocycles. The van der Waals surface area contributed by atoms with Crippen LogP contribution in [-0.2, 0) is 21.2 Å². The Labute approximate surface area is 181 Å². The SMILES string of the molecule is Cc1cc(NS(=O)(=O)c2ccc(NC(=O)Cc3cccc(Br)c3F)cc2)nc(C)n1. The van der Waals surface area contributed by atoms with Crippen LogP contribution in [0.5, 0.6) is 0 Å². The molecule has 0 aliphatic heterocycles. The third-order valence-electron chi connectivity index (χ3n) is 4.04. The lowest BCUT2D eigenvalue weighted by Gasteiger charge is -2.10. The third-order valence-corrected chi connectivity index (χ3v) is 6.02. The van der Waals surface area contributed by atoms with E-state index in [-0.39, 0.29) is 27.2 Å². The summed E-state index contributed by atoms with van der Waals surface area (Å²) in [6.45, 7) is 3.41. The van der Waals surface area contributed by atoms with Gasteiger partial charge in [0.1, 0.15) is 17.5 Å². The second-order valence-corrected chi connectivity index (χ2v) is 9.05. The number of rotatable bonds is 6. The van der Waals surface area contributed by atoms with E-state index in [1.807, 2.05) is 0 Å². The van der Waals surface area contributed by atoms with Gasteiger partial charge in [0, 0.05) is 17.4 Å². The highest BCUT2D eigenvalue weighted by molar-refractivity contribution is 9.10. The van der Waals surface area contributed by atoms with Crippen LogP contribution in [0.2, 0.25) is 0 Å². The van der Waals surface area contributed by atoms with Crippen LogP contribution < -0.4 is 10.0 Å². The molecule has 2 aromatic carbocycles. The molecule has 0 aliphatic rings. The molecule has 0 atom stereocenters. The van der Waals surface area contributed by atoms with Crippen molar-refractivity contribution in [2.24, 2.45) is 0 Å². The van der Waals surface area contributed by atoms with E-state index in [0.717, 1.165) is 0 Å². The summed E-state index contributed by atoms with van der Waals surface area (Å²) in [6, 6.07) is 11.9. The van der Waals surface area contributed by atoms with Crippen LogP contribution in [0.3, 0.4) is 0 Å². The van der Waals surface area contributed by atoms with E-state index >= 15 is 0 Å². The number of carbonyl (C=O) groups is 1. The molecule has 1 heterocycles. The summed E-state index contributed by atoms with van der Waals surface area (Å²) in [7, 11) is -3.86. The molecule has 2 N–H and O–H groups in total. The van der Waals surface area contributed by atoms with Gasteiger partial charge in [-0.3, -0.25) is 9.52 Å². The fourth-order valence-electron chi connectivity index (χ4n) is 2.75. The zero-order chi connectivity index (χ0) is 21.9. The molecule has 3 aromatic rings. The monoisotopic (exact) mass is 492 g/mol. The van der Waals surface area contributed by atoms with Crippen molar-refractivity contribution in [3.05, 3.63) is 75.9 Å². The molecular formula is C20H18BrFN4O3S. The highest BCUT2D eigenvalue weighted by Crippen LogP contribution is 2.20. The molecule has 1 aromatic heterocycles. The van der Waals surface area contributed by atoms with Gasteiger partial charge in [0.25, 0.3) is 10.0 Å². The van der Waals surface area contributed by atoms with Gasteiger partial charge < -0.3 is 5.32 Å². The van der Waals surface area contributed by atoms with Crippen molar-refractivity contribution in [2.45, 2.75) is 25.2 Å². The number of anilines is 2. The van der Waals surface area contributed by atoms with Crippen LogP contribution in [0.25, 0.3) is 0 Å². The lowest BCUT2D eigenvalue weighted by Crippen LogP contribution is -2.16. The predicted molar refractivity (Wildman–Crippen MR) is 115 cm³/mol. The van der Waals surface area contributed by atoms with E-state index < -0.39 is 21.7 Å². The van der Waals surface area contributed by atoms with Crippen LogP contribution in [0.15, 0.2) is 57.9 Å². The van der Waals surface area contributed by atoms with Crippen molar-refractivity contribution in [3.8, 4) is 0 Å². The number of aryl methyl sites for hydroxylation is 2. The summed E-state index contributed by atoms with van der Waals surface area (Å²) in [6.07, 6.45) is -0.153. The van der Waals surface area contributed by atoms with E-state index in [2.05, 4.69) is 35.9 Å². The molecule has 0 saturated heterocycles. The lowest BCUT2D eigenvalue weighted by atomic mass is 10.1. The average molecular weight is 493 g/mol. The van der Waals surface area contributed by atoms with Gasteiger partial charge in [0.2, 0.25) is 5.91 Å². The minimum absolute atomic E-state index is 0.00690. The van der Waals surface area contributed by atoms with Crippen LogP contribution in [0.1, 0.15) is 17.1 Å². The van der Waals surface area contributed by atoms with E-state index in [1.165, 1.54) is 36.4 Å². The molecule has 30 heavy (non-hydrogen) atoms. The Balaban J connectivity index is 1.69. The number of aromatic nitrogens is 2. The first kappa shape index (κ1) is 21.8. The van der Waals surface area contributed by atoms with E-state index in [9.17, 15) is 17.6 Å². The Bertz CT molecular complexity index is 1180. The van der Waals surface area contributed by atoms with Crippen molar-refractivity contribution in [3.63, 3.8) is 0 Å². The summed E-state index contributed by atoms with van der Waals surface area (Å²) in [5.41, 5.74) is 1.28. The maximum absolute atomic E-state index is 14.0. The normalized spacial score (nSPS) is 11.2. The largest absolute Gasteiger partial charge is 0.326 e. The minimum atomic E-state index is -3.86. The first-order chi connectivity index (χ1) is 14.1. The lowest BCUT2D eigenvalue weighted by molar-refractivity contribution is -0.115. The first-order valence-corrected chi connectivity index (χ1v) is 11.1. The molecule has 10 heteroatoms. The number of sulfonamides is 1. The number of nitrogens with one attached hydrogen (secondary N) is 2. The topological polar surface area (TPSA) is 101 Å². The zero-order valence-corrected chi connectivity index (χ0v) is 18.5. The summed E-state index contributed by atoms with van der Waals surface area (Å²) >= 11 is 3.08. The van der Waals surface area contributed by atoms with Gasteiger partial charge in [0.15, 0.2) is 0 Å². The van der Waals surface area contributed by atoms with Gasteiger partial charge in [-0.15, -0.1) is 0 Å². The number of hydrogen-bond acceptors (Lipinski definition) is 5. The quantitative estimate of drug-likeness (QED) is 0.541. The third kappa shape index (κ3) is 5.39. The molecule has 1 amide bonds. The van der Waals surface area contributed by atoms with Gasteiger partial charge in [-0.1, -0.05) is 12.1 Å². The Morgan fingerprint density at radius 3 is 2.47 bits per heavy atom. The van der Waals surface area contributed by atoms with Gasteiger partial charge >= 0.3 is 0 Å². The molecule has 0 aliphatic carbocycles. The standard InChI is InChI=1S/C20H18BrFN4O3S/c1-12-10-18(24-13(2)23-12)26-30(28,29)16-8-6-15(7-9-16)25-19(27)11-14-4-3-5-17(21)20(14)22/h3-10H,11H2,1-2H3,(H,25,27)(H,23,24,26). The molecular weight excluding hydrogens is 475 g/mol. The Morgan fingerprint density at radius 1 is 1.10 bits per heavy atom. The first-order valence-electron chi connectivity index (χ1n) is 8.82. The van der Waals surface area contributed by atoms with E-state index in [1.54, 1.807) is 26.0 Å². The Morgan fingerprint density at radius 2 is 1.80 bits per heavy atom. The molecule has 156 valence electrons.